The molecule has 8 heteroatoms. The van der Waals surface area contributed by atoms with E-state index in [0.29, 0.717) is 36.2 Å². The molecule has 1 unspecified atom stereocenters. The number of carbonyl (C=O) groups is 3. The average Bonchev–Trinajstić information content (AvgIpc) is 3.47. The molecule has 2 heterocycles. The van der Waals surface area contributed by atoms with Crippen LogP contribution in [-0.4, -0.2) is 50.9 Å². The maximum Gasteiger partial charge on any atom is 0.337 e. The van der Waals surface area contributed by atoms with Gasteiger partial charge < -0.3 is 19.3 Å². The zero-order valence-corrected chi connectivity index (χ0v) is 19.9. The van der Waals surface area contributed by atoms with Crippen LogP contribution in [0.5, 0.6) is 0 Å². The summed E-state index contributed by atoms with van der Waals surface area (Å²) >= 11 is 0. The fourth-order valence-electron chi connectivity index (χ4n) is 4.36. The van der Waals surface area contributed by atoms with Gasteiger partial charge >= 0.3 is 5.97 Å². The van der Waals surface area contributed by atoms with Crippen LogP contribution >= 0.6 is 0 Å². The van der Waals surface area contributed by atoms with Crippen LogP contribution in [0.15, 0.2) is 66.8 Å². The molecule has 0 saturated carbocycles. The number of likely N-dealkylation sites (tertiary alicyclic amines) is 1. The molecule has 4 rings (SSSR count). The molecular weight excluding hydrogens is 446 g/mol. The van der Waals surface area contributed by atoms with Crippen LogP contribution in [0.25, 0.3) is 5.76 Å². The molecule has 1 fully saturated rings. The normalized spacial score (nSPS) is 17.1. The van der Waals surface area contributed by atoms with Crippen molar-refractivity contribution in [2.45, 2.75) is 32.9 Å². The number of aryl methyl sites for hydroxylation is 3. The van der Waals surface area contributed by atoms with E-state index in [1.165, 1.54) is 12.0 Å². The highest BCUT2D eigenvalue weighted by Crippen LogP contribution is 2.40. The first-order chi connectivity index (χ1) is 16.8. The Labute approximate surface area is 203 Å². The van der Waals surface area contributed by atoms with Gasteiger partial charge in [0.2, 0.25) is 0 Å². The highest BCUT2D eigenvalue weighted by molar-refractivity contribution is 6.46. The lowest BCUT2D eigenvalue weighted by Crippen LogP contribution is -2.31. The van der Waals surface area contributed by atoms with Crippen molar-refractivity contribution in [3.63, 3.8) is 0 Å². The van der Waals surface area contributed by atoms with Crippen molar-refractivity contribution in [2.75, 3.05) is 13.7 Å². The number of methoxy groups -OCH3 is 1. The highest BCUT2D eigenvalue weighted by Gasteiger charge is 2.46. The van der Waals surface area contributed by atoms with Crippen molar-refractivity contribution in [1.82, 2.24) is 14.5 Å². The molecular formula is C27H27N3O5. The van der Waals surface area contributed by atoms with Gasteiger partial charge in [0, 0.05) is 31.0 Å². The fourth-order valence-corrected chi connectivity index (χ4v) is 4.36. The smallest absolute Gasteiger partial charge is 0.337 e. The molecule has 1 atom stereocenters. The van der Waals surface area contributed by atoms with Crippen molar-refractivity contribution >= 4 is 23.4 Å². The minimum absolute atomic E-state index is 0.0390. The van der Waals surface area contributed by atoms with Gasteiger partial charge in [-0.05, 0) is 49.6 Å². The molecule has 0 bridgehead atoms. The Morgan fingerprint density at radius 3 is 2.49 bits per heavy atom. The van der Waals surface area contributed by atoms with E-state index in [1.807, 2.05) is 36.7 Å². The minimum Gasteiger partial charge on any atom is -0.507 e. The average molecular weight is 474 g/mol. The lowest BCUT2D eigenvalue weighted by atomic mass is 9.93. The summed E-state index contributed by atoms with van der Waals surface area (Å²) in [5.41, 5.74) is 3.23. The Balaban J connectivity index is 1.77. The van der Waals surface area contributed by atoms with Crippen molar-refractivity contribution in [3.8, 4) is 0 Å². The van der Waals surface area contributed by atoms with E-state index in [4.69, 9.17) is 4.74 Å². The number of ketones is 1. The Morgan fingerprint density at radius 2 is 1.83 bits per heavy atom. The van der Waals surface area contributed by atoms with Crippen LogP contribution < -0.4 is 0 Å². The van der Waals surface area contributed by atoms with Crippen LogP contribution in [0, 0.1) is 13.8 Å². The molecule has 0 spiro atoms. The van der Waals surface area contributed by atoms with Gasteiger partial charge in [-0.1, -0.05) is 29.8 Å². The largest absolute Gasteiger partial charge is 0.507 e. The summed E-state index contributed by atoms with van der Waals surface area (Å²) < 4.78 is 6.67. The second-order valence-corrected chi connectivity index (χ2v) is 8.58. The Hall–Kier alpha value is -4.20. The van der Waals surface area contributed by atoms with Gasteiger partial charge in [0.05, 0.1) is 30.6 Å². The van der Waals surface area contributed by atoms with Crippen LogP contribution in [0.2, 0.25) is 0 Å². The van der Waals surface area contributed by atoms with E-state index >= 15 is 0 Å². The van der Waals surface area contributed by atoms with E-state index in [1.54, 1.807) is 42.9 Å². The number of aromatic nitrogens is 2. The highest BCUT2D eigenvalue weighted by atomic mass is 16.5. The molecule has 1 aliphatic heterocycles. The molecule has 2 aromatic carbocycles. The first-order valence-corrected chi connectivity index (χ1v) is 11.3. The minimum atomic E-state index is -0.788. The predicted molar refractivity (Wildman–Crippen MR) is 130 cm³/mol. The third kappa shape index (κ3) is 4.73. The quantitative estimate of drug-likeness (QED) is 0.242. The standard InChI is InChI=1S/C27H27N3O5/c1-17-5-6-18(2)21(15-17)24(31)22-23(19-7-9-20(10-8-19)27(34)35-3)30(26(33)25(22)32)13-4-12-29-14-11-28-16-29/h5-11,14-16,23,31H,4,12-13H2,1-3H3. The van der Waals surface area contributed by atoms with Gasteiger partial charge in [0.15, 0.2) is 0 Å². The number of benzene rings is 2. The van der Waals surface area contributed by atoms with E-state index in [9.17, 15) is 19.5 Å². The summed E-state index contributed by atoms with van der Waals surface area (Å²) in [6, 6.07) is 11.3. The second-order valence-electron chi connectivity index (χ2n) is 8.58. The van der Waals surface area contributed by atoms with Gasteiger partial charge in [-0.15, -0.1) is 0 Å². The summed E-state index contributed by atoms with van der Waals surface area (Å²) in [5, 5.41) is 11.3. The summed E-state index contributed by atoms with van der Waals surface area (Å²) in [4.78, 5) is 43.8. The topological polar surface area (TPSA) is 102 Å². The first kappa shape index (κ1) is 23.9. The number of hydrogen-bond acceptors (Lipinski definition) is 6. The number of hydrogen-bond donors (Lipinski definition) is 1. The number of amides is 1. The SMILES string of the molecule is COC(=O)c1ccc(C2C(=C(O)c3cc(C)ccc3C)C(=O)C(=O)N2CCCn2ccnc2)cc1. The number of Topliss-reactive ketones (excluding diaryl/α,β-unsaturated/α-hetero) is 1. The number of carbonyl (C=O) groups excluding carboxylic acids is 3. The molecule has 1 aromatic heterocycles. The molecule has 0 radical (unpaired) electrons. The predicted octanol–water partition coefficient (Wildman–Crippen LogP) is 3.80. The van der Waals surface area contributed by atoms with Gasteiger partial charge in [-0.2, -0.15) is 0 Å². The Kier molecular flexibility index (Phi) is 6.82. The fraction of sp³-hybridized carbons (Fsp3) is 0.259. The molecule has 1 amide bonds. The number of ether oxygens (including phenoxy) is 1. The van der Waals surface area contributed by atoms with Gasteiger partial charge in [0.25, 0.3) is 11.7 Å². The molecule has 1 N–H and O–H groups in total. The summed E-state index contributed by atoms with van der Waals surface area (Å²) in [5.74, 6) is -2.08. The van der Waals surface area contributed by atoms with E-state index in [0.717, 1.165) is 11.1 Å². The van der Waals surface area contributed by atoms with Gasteiger partial charge in [-0.25, -0.2) is 9.78 Å². The van der Waals surface area contributed by atoms with E-state index in [-0.39, 0.29) is 11.3 Å². The molecule has 3 aromatic rings. The van der Waals surface area contributed by atoms with Crippen LogP contribution in [0.1, 0.15) is 45.1 Å². The third-order valence-electron chi connectivity index (χ3n) is 6.21. The summed E-state index contributed by atoms with van der Waals surface area (Å²) in [7, 11) is 1.30. The summed E-state index contributed by atoms with van der Waals surface area (Å²) in [6.45, 7) is 4.66. The molecule has 8 nitrogen and oxygen atoms in total. The molecule has 35 heavy (non-hydrogen) atoms. The van der Waals surface area contributed by atoms with Crippen LogP contribution in [-0.2, 0) is 20.9 Å². The third-order valence-corrected chi connectivity index (χ3v) is 6.21. The Bertz CT molecular complexity index is 1290. The lowest BCUT2D eigenvalue weighted by Gasteiger charge is -2.25. The van der Waals surface area contributed by atoms with Crippen molar-refractivity contribution in [3.05, 3.63) is 94.6 Å². The number of aliphatic hydroxyl groups is 1. The van der Waals surface area contributed by atoms with Crippen molar-refractivity contribution in [1.29, 1.82) is 0 Å². The van der Waals surface area contributed by atoms with Gasteiger partial charge in [0.1, 0.15) is 5.76 Å². The zero-order chi connectivity index (χ0) is 25.1. The Morgan fingerprint density at radius 1 is 1.09 bits per heavy atom. The number of nitrogens with zero attached hydrogens (tertiary/aromatic N) is 3. The number of esters is 1. The van der Waals surface area contributed by atoms with Crippen LogP contribution in [0.3, 0.4) is 0 Å². The maximum absolute atomic E-state index is 13.2. The molecule has 1 saturated heterocycles. The molecule has 0 aliphatic carbocycles. The van der Waals surface area contributed by atoms with Gasteiger partial charge in [-0.3, -0.25) is 9.59 Å². The van der Waals surface area contributed by atoms with Crippen LogP contribution in [0.4, 0.5) is 0 Å². The van der Waals surface area contributed by atoms with Crippen molar-refractivity contribution in [2.24, 2.45) is 0 Å². The van der Waals surface area contributed by atoms with E-state index in [2.05, 4.69) is 4.98 Å². The monoisotopic (exact) mass is 473 g/mol. The zero-order valence-electron chi connectivity index (χ0n) is 19.9. The maximum atomic E-state index is 13.2. The number of rotatable bonds is 7. The molecule has 180 valence electrons. The second kappa shape index (κ2) is 9.97. The van der Waals surface area contributed by atoms with E-state index < -0.39 is 23.7 Å². The summed E-state index contributed by atoms with van der Waals surface area (Å²) in [6.07, 6.45) is 5.79. The molecule has 1 aliphatic rings. The number of aliphatic hydroxyl groups excluding tert-OH is 1. The van der Waals surface area contributed by atoms with Crippen molar-refractivity contribution < 1.29 is 24.2 Å². The first-order valence-electron chi connectivity index (χ1n) is 11.3. The lowest BCUT2D eigenvalue weighted by molar-refractivity contribution is -0.139. The number of imidazole rings is 1.